The number of hydrogen-bond donors (Lipinski definition) is 2. The van der Waals surface area contributed by atoms with Crippen molar-refractivity contribution in [3.63, 3.8) is 0 Å². The largest absolute Gasteiger partial charge is 0.379 e. The second kappa shape index (κ2) is 10.7. The van der Waals surface area contributed by atoms with Crippen LogP contribution in [0.2, 0.25) is 0 Å². The van der Waals surface area contributed by atoms with Gasteiger partial charge in [-0.25, -0.2) is 21.6 Å². The summed E-state index contributed by atoms with van der Waals surface area (Å²) >= 11 is 0. The highest BCUT2D eigenvalue weighted by Gasteiger charge is 2.26. The van der Waals surface area contributed by atoms with Gasteiger partial charge in [-0.05, 0) is 62.2 Å². The van der Waals surface area contributed by atoms with E-state index in [0.717, 1.165) is 5.56 Å². The van der Waals surface area contributed by atoms with Crippen LogP contribution in [-0.2, 0) is 36.0 Å². The summed E-state index contributed by atoms with van der Waals surface area (Å²) < 4.78 is 58.8. The summed E-state index contributed by atoms with van der Waals surface area (Å²) in [6, 6.07) is 12.3. The maximum Gasteiger partial charge on any atom is 0.243 e. The molecule has 2 aromatic rings. The van der Waals surface area contributed by atoms with E-state index in [0.29, 0.717) is 38.4 Å². The Hall–Kier alpha value is -2.31. The van der Waals surface area contributed by atoms with Gasteiger partial charge in [0.05, 0.1) is 23.0 Å². The summed E-state index contributed by atoms with van der Waals surface area (Å²) in [5.74, 6) is -0.226. The average Bonchev–Trinajstić information content (AvgIpc) is 2.78. The molecule has 2 aromatic carbocycles. The molecular weight excluding hydrogens is 466 g/mol. The predicted molar refractivity (Wildman–Crippen MR) is 125 cm³/mol. The van der Waals surface area contributed by atoms with Crippen molar-refractivity contribution in [3.8, 4) is 0 Å². The monoisotopic (exact) mass is 495 g/mol. The van der Waals surface area contributed by atoms with Crippen LogP contribution >= 0.6 is 0 Å². The van der Waals surface area contributed by atoms with Crippen LogP contribution in [0, 0.1) is 0 Å². The second-order valence-electron chi connectivity index (χ2n) is 8.01. The van der Waals surface area contributed by atoms with E-state index in [4.69, 9.17) is 4.74 Å². The Morgan fingerprint density at radius 2 is 1.52 bits per heavy atom. The molecule has 1 heterocycles. The fourth-order valence-corrected chi connectivity index (χ4v) is 6.00. The van der Waals surface area contributed by atoms with E-state index in [2.05, 4.69) is 10.0 Å². The summed E-state index contributed by atoms with van der Waals surface area (Å²) in [4.78, 5) is 12.6. The lowest BCUT2D eigenvalue weighted by Gasteiger charge is -2.26. The van der Waals surface area contributed by atoms with Gasteiger partial charge in [0.25, 0.3) is 0 Å². The number of benzene rings is 2. The van der Waals surface area contributed by atoms with Crippen LogP contribution in [0.3, 0.4) is 0 Å². The van der Waals surface area contributed by atoms with E-state index < -0.39 is 20.0 Å². The third kappa shape index (κ3) is 6.84. The maximum atomic E-state index is 12.7. The van der Waals surface area contributed by atoms with Gasteiger partial charge < -0.3 is 10.1 Å². The Bertz CT molecular complexity index is 1160. The molecule has 9 nitrogen and oxygen atoms in total. The molecule has 1 fully saturated rings. The lowest BCUT2D eigenvalue weighted by Crippen LogP contribution is -2.40. The van der Waals surface area contributed by atoms with Crippen LogP contribution in [0.25, 0.3) is 0 Å². The van der Waals surface area contributed by atoms with Gasteiger partial charge in [0.2, 0.25) is 26.0 Å². The quantitative estimate of drug-likeness (QED) is 0.549. The van der Waals surface area contributed by atoms with E-state index >= 15 is 0 Å². The first kappa shape index (κ1) is 25.3. The molecule has 1 aliphatic rings. The zero-order chi connectivity index (χ0) is 24.1. The normalized spacial score (nSPS) is 15.5. The summed E-state index contributed by atoms with van der Waals surface area (Å²) in [5, 5.41) is 2.74. The number of amides is 1. The van der Waals surface area contributed by atoms with E-state index in [1.54, 1.807) is 38.1 Å². The molecule has 0 aliphatic carbocycles. The standard InChI is InChI=1S/C22H29N3O6S2/c1-17(2)24-32(27,28)20-10-6-19(7-11-20)23-22(26)12-5-18-3-8-21(9-4-18)33(29,30)25-13-15-31-16-14-25/h3-4,6-11,17,24H,5,12-16H2,1-2H3,(H,23,26). The molecule has 1 saturated heterocycles. The summed E-state index contributed by atoms with van der Waals surface area (Å²) in [7, 11) is -7.13. The molecule has 2 N–H and O–H groups in total. The smallest absolute Gasteiger partial charge is 0.243 e. The number of morpholine rings is 1. The highest BCUT2D eigenvalue weighted by atomic mass is 32.2. The van der Waals surface area contributed by atoms with Crippen LogP contribution in [0.1, 0.15) is 25.8 Å². The van der Waals surface area contributed by atoms with Gasteiger partial charge in [-0.2, -0.15) is 4.31 Å². The molecule has 0 saturated carbocycles. The highest BCUT2D eigenvalue weighted by molar-refractivity contribution is 7.89. The molecule has 11 heteroatoms. The molecule has 0 unspecified atom stereocenters. The number of sulfonamides is 2. The van der Waals surface area contributed by atoms with Crippen LogP contribution in [0.5, 0.6) is 0 Å². The van der Waals surface area contributed by atoms with Crippen LogP contribution in [-0.4, -0.2) is 59.4 Å². The number of carbonyl (C=O) groups is 1. The molecule has 0 radical (unpaired) electrons. The number of ether oxygens (including phenoxy) is 1. The van der Waals surface area contributed by atoms with Crippen molar-refractivity contribution >= 4 is 31.6 Å². The van der Waals surface area contributed by atoms with E-state index in [1.807, 2.05) is 0 Å². The van der Waals surface area contributed by atoms with Crippen molar-refractivity contribution in [1.82, 2.24) is 9.03 Å². The van der Waals surface area contributed by atoms with Gasteiger partial charge in [0.1, 0.15) is 0 Å². The first-order valence-electron chi connectivity index (χ1n) is 10.7. The van der Waals surface area contributed by atoms with Gasteiger partial charge in [-0.3, -0.25) is 4.79 Å². The highest BCUT2D eigenvalue weighted by Crippen LogP contribution is 2.19. The Labute approximate surface area is 195 Å². The number of anilines is 1. The van der Waals surface area contributed by atoms with Gasteiger partial charge >= 0.3 is 0 Å². The summed E-state index contributed by atoms with van der Waals surface area (Å²) in [6.45, 7) is 4.93. The first-order valence-corrected chi connectivity index (χ1v) is 13.6. The fourth-order valence-electron chi connectivity index (χ4n) is 3.34. The molecule has 0 bridgehead atoms. The molecule has 3 rings (SSSR count). The minimum absolute atomic E-state index is 0.126. The molecule has 1 aliphatic heterocycles. The Morgan fingerprint density at radius 3 is 2.09 bits per heavy atom. The third-order valence-corrected chi connectivity index (χ3v) is 8.60. The number of nitrogens with one attached hydrogen (secondary N) is 2. The topological polar surface area (TPSA) is 122 Å². The Morgan fingerprint density at radius 1 is 0.939 bits per heavy atom. The number of nitrogens with zero attached hydrogens (tertiary/aromatic N) is 1. The number of carbonyl (C=O) groups excluding carboxylic acids is 1. The molecule has 0 atom stereocenters. The van der Waals surface area contributed by atoms with Crippen LogP contribution in [0.4, 0.5) is 5.69 Å². The van der Waals surface area contributed by atoms with Crippen molar-refractivity contribution in [3.05, 3.63) is 54.1 Å². The number of hydrogen-bond acceptors (Lipinski definition) is 6. The van der Waals surface area contributed by atoms with Crippen molar-refractivity contribution in [2.45, 2.75) is 42.5 Å². The number of aryl methyl sites for hydroxylation is 1. The fraction of sp³-hybridized carbons (Fsp3) is 0.409. The van der Waals surface area contributed by atoms with Crippen molar-refractivity contribution in [2.75, 3.05) is 31.6 Å². The Kier molecular flexibility index (Phi) is 8.24. The maximum absolute atomic E-state index is 12.7. The van der Waals surface area contributed by atoms with Crippen LogP contribution in [0.15, 0.2) is 58.3 Å². The average molecular weight is 496 g/mol. The zero-order valence-corrected chi connectivity index (χ0v) is 20.3. The summed E-state index contributed by atoms with van der Waals surface area (Å²) in [6.07, 6.45) is 0.638. The lowest BCUT2D eigenvalue weighted by atomic mass is 10.1. The molecule has 0 aromatic heterocycles. The number of rotatable bonds is 9. The SMILES string of the molecule is CC(C)NS(=O)(=O)c1ccc(NC(=O)CCc2ccc(S(=O)(=O)N3CCOCC3)cc2)cc1. The van der Waals surface area contributed by atoms with Gasteiger partial charge in [0.15, 0.2) is 0 Å². The van der Waals surface area contributed by atoms with Crippen LogP contribution < -0.4 is 10.0 Å². The first-order chi connectivity index (χ1) is 15.6. The molecular formula is C22H29N3O6S2. The molecule has 33 heavy (non-hydrogen) atoms. The minimum atomic E-state index is -3.59. The molecule has 0 spiro atoms. The predicted octanol–water partition coefficient (Wildman–Crippen LogP) is 1.97. The van der Waals surface area contributed by atoms with Crippen molar-refractivity contribution < 1.29 is 26.4 Å². The van der Waals surface area contributed by atoms with Crippen molar-refractivity contribution in [2.24, 2.45) is 0 Å². The van der Waals surface area contributed by atoms with Gasteiger partial charge in [0, 0.05) is 31.2 Å². The molecule has 1 amide bonds. The second-order valence-corrected chi connectivity index (χ2v) is 11.7. The van der Waals surface area contributed by atoms with Gasteiger partial charge in [-0.15, -0.1) is 0 Å². The minimum Gasteiger partial charge on any atom is -0.379 e. The van der Waals surface area contributed by atoms with Crippen molar-refractivity contribution in [1.29, 1.82) is 0 Å². The lowest BCUT2D eigenvalue weighted by molar-refractivity contribution is -0.116. The zero-order valence-electron chi connectivity index (χ0n) is 18.7. The van der Waals surface area contributed by atoms with E-state index in [9.17, 15) is 21.6 Å². The van der Waals surface area contributed by atoms with Gasteiger partial charge in [-0.1, -0.05) is 12.1 Å². The molecule has 180 valence electrons. The summed E-state index contributed by atoms with van der Waals surface area (Å²) in [5.41, 5.74) is 1.34. The Balaban J connectivity index is 1.53. The third-order valence-electron chi connectivity index (χ3n) is 5.01. The van der Waals surface area contributed by atoms with E-state index in [-0.39, 0.29) is 28.2 Å². The van der Waals surface area contributed by atoms with E-state index in [1.165, 1.54) is 28.6 Å².